The van der Waals surface area contributed by atoms with Crippen LogP contribution in [0.2, 0.25) is 0 Å². The molecule has 1 aliphatic heterocycles. The summed E-state index contributed by atoms with van der Waals surface area (Å²) in [5.41, 5.74) is 2.14. The topological polar surface area (TPSA) is 82.7 Å². The Hall–Kier alpha value is -3.35. The quantitative estimate of drug-likeness (QED) is 0.577. The summed E-state index contributed by atoms with van der Waals surface area (Å²) in [7, 11) is 0. The molecule has 1 saturated heterocycles. The number of phenols is 1. The van der Waals surface area contributed by atoms with Gasteiger partial charge in [-0.05, 0) is 36.4 Å². The number of pyridine rings is 1. The van der Waals surface area contributed by atoms with E-state index in [0.717, 1.165) is 5.69 Å². The van der Waals surface area contributed by atoms with Crippen molar-refractivity contribution in [3.8, 4) is 5.75 Å². The third kappa shape index (κ3) is 2.77. The van der Waals surface area contributed by atoms with Crippen LogP contribution < -0.4 is 9.80 Å². The highest BCUT2D eigenvalue weighted by molar-refractivity contribution is 5.94. The number of hydrogen-bond donors (Lipinski definition) is 1. The molecule has 1 aromatic heterocycles. The van der Waals surface area contributed by atoms with Crippen LogP contribution >= 0.6 is 0 Å². The standard InChI is InChI=1S/C19H18N4O3/c24-18-6-2-1-5-16(18)21-10-12-22(13-11-21)17-8-7-15-14(4-3-9-20-15)19(17)23(25)26/h1-9,24H,10-13H2. The summed E-state index contributed by atoms with van der Waals surface area (Å²) in [6, 6.07) is 14.3. The lowest BCUT2D eigenvalue weighted by molar-refractivity contribution is -0.382. The van der Waals surface area contributed by atoms with Crippen LogP contribution in [0, 0.1) is 10.1 Å². The van der Waals surface area contributed by atoms with E-state index in [9.17, 15) is 15.2 Å². The van der Waals surface area contributed by atoms with Crippen molar-refractivity contribution in [2.75, 3.05) is 36.0 Å². The number of phenolic OH excluding ortho intramolecular Hbond substituents is 1. The smallest absolute Gasteiger partial charge is 0.301 e. The first-order chi connectivity index (χ1) is 12.6. The number of para-hydroxylation sites is 2. The highest BCUT2D eigenvalue weighted by Crippen LogP contribution is 2.36. The van der Waals surface area contributed by atoms with Crippen LogP contribution in [0.1, 0.15) is 0 Å². The van der Waals surface area contributed by atoms with Gasteiger partial charge in [0, 0.05) is 32.4 Å². The molecule has 1 N–H and O–H groups in total. The summed E-state index contributed by atoms with van der Waals surface area (Å²) in [6.45, 7) is 2.64. The molecule has 4 rings (SSSR count). The van der Waals surface area contributed by atoms with Crippen molar-refractivity contribution in [1.29, 1.82) is 0 Å². The Kier molecular flexibility index (Phi) is 4.04. The summed E-state index contributed by atoms with van der Waals surface area (Å²) in [5, 5.41) is 22.3. The average molecular weight is 350 g/mol. The van der Waals surface area contributed by atoms with Gasteiger partial charge in [-0.2, -0.15) is 0 Å². The van der Waals surface area contributed by atoms with E-state index >= 15 is 0 Å². The molecular formula is C19H18N4O3. The molecule has 7 heteroatoms. The first kappa shape index (κ1) is 16.1. The van der Waals surface area contributed by atoms with Crippen molar-refractivity contribution in [2.45, 2.75) is 0 Å². The Balaban J connectivity index is 1.63. The average Bonchev–Trinajstić information content (AvgIpc) is 2.67. The lowest BCUT2D eigenvalue weighted by Crippen LogP contribution is -2.46. The Morgan fingerprint density at radius 3 is 2.31 bits per heavy atom. The van der Waals surface area contributed by atoms with Crippen molar-refractivity contribution in [1.82, 2.24) is 4.98 Å². The first-order valence-corrected chi connectivity index (χ1v) is 8.45. The number of aromatic nitrogens is 1. The number of nitro groups is 1. The van der Waals surface area contributed by atoms with E-state index in [4.69, 9.17) is 0 Å². The second-order valence-corrected chi connectivity index (χ2v) is 6.22. The highest BCUT2D eigenvalue weighted by atomic mass is 16.6. The van der Waals surface area contributed by atoms with Crippen LogP contribution in [0.4, 0.5) is 17.1 Å². The second kappa shape index (κ2) is 6.51. The van der Waals surface area contributed by atoms with E-state index in [1.807, 2.05) is 23.1 Å². The minimum absolute atomic E-state index is 0.103. The lowest BCUT2D eigenvalue weighted by atomic mass is 10.1. The number of rotatable bonds is 3. The van der Waals surface area contributed by atoms with Crippen molar-refractivity contribution in [2.24, 2.45) is 0 Å². The van der Waals surface area contributed by atoms with Gasteiger partial charge in [-0.15, -0.1) is 0 Å². The van der Waals surface area contributed by atoms with E-state index in [0.29, 0.717) is 42.8 Å². The summed E-state index contributed by atoms with van der Waals surface area (Å²) >= 11 is 0. The normalized spacial score (nSPS) is 14.6. The number of fused-ring (bicyclic) bond motifs is 1. The van der Waals surface area contributed by atoms with Crippen LogP contribution in [0.3, 0.4) is 0 Å². The van der Waals surface area contributed by atoms with E-state index < -0.39 is 0 Å². The largest absolute Gasteiger partial charge is 0.506 e. The predicted molar refractivity (Wildman–Crippen MR) is 101 cm³/mol. The molecule has 0 spiro atoms. The third-order valence-electron chi connectivity index (χ3n) is 4.76. The summed E-state index contributed by atoms with van der Waals surface area (Å²) < 4.78 is 0. The van der Waals surface area contributed by atoms with E-state index in [1.165, 1.54) is 0 Å². The first-order valence-electron chi connectivity index (χ1n) is 8.45. The number of aromatic hydroxyl groups is 1. The molecule has 26 heavy (non-hydrogen) atoms. The van der Waals surface area contributed by atoms with Gasteiger partial charge in [0.2, 0.25) is 0 Å². The molecule has 7 nitrogen and oxygen atoms in total. The zero-order valence-electron chi connectivity index (χ0n) is 14.1. The summed E-state index contributed by atoms with van der Waals surface area (Å²) in [4.78, 5) is 19.7. The molecule has 0 radical (unpaired) electrons. The number of hydrogen-bond acceptors (Lipinski definition) is 6. The Labute approximate surface area is 150 Å². The van der Waals surface area contributed by atoms with Crippen LogP contribution in [-0.4, -0.2) is 41.2 Å². The summed E-state index contributed by atoms with van der Waals surface area (Å²) in [5.74, 6) is 0.253. The fourth-order valence-corrected chi connectivity index (χ4v) is 3.49. The van der Waals surface area contributed by atoms with Crippen LogP contribution in [0.25, 0.3) is 10.9 Å². The molecule has 0 atom stereocenters. The van der Waals surface area contributed by atoms with Gasteiger partial charge in [-0.25, -0.2) is 0 Å². The second-order valence-electron chi connectivity index (χ2n) is 6.22. The zero-order valence-corrected chi connectivity index (χ0v) is 14.1. The van der Waals surface area contributed by atoms with Crippen LogP contribution in [0.5, 0.6) is 5.75 Å². The number of nitrogens with zero attached hydrogens (tertiary/aromatic N) is 4. The molecule has 1 fully saturated rings. The molecule has 2 heterocycles. The fourth-order valence-electron chi connectivity index (χ4n) is 3.49. The Morgan fingerprint density at radius 2 is 1.62 bits per heavy atom. The molecule has 3 aromatic rings. The predicted octanol–water partition coefficient (Wildman–Crippen LogP) is 3.18. The molecular weight excluding hydrogens is 332 g/mol. The fraction of sp³-hybridized carbons (Fsp3) is 0.211. The van der Waals surface area contributed by atoms with E-state index in [-0.39, 0.29) is 16.4 Å². The van der Waals surface area contributed by atoms with Crippen molar-refractivity contribution >= 4 is 28.0 Å². The van der Waals surface area contributed by atoms with Gasteiger partial charge >= 0.3 is 5.69 Å². The Morgan fingerprint density at radius 1 is 0.923 bits per heavy atom. The minimum atomic E-state index is -0.325. The molecule has 2 aromatic carbocycles. The van der Waals surface area contributed by atoms with Crippen molar-refractivity contribution in [3.63, 3.8) is 0 Å². The number of anilines is 2. The van der Waals surface area contributed by atoms with Gasteiger partial charge in [0.25, 0.3) is 0 Å². The van der Waals surface area contributed by atoms with Gasteiger partial charge in [-0.1, -0.05) is 12.1 Å². The maximum Gasteiger partial charge on any atom is 0.301 e. The highest BCUT2D eigenvalue weighted by Gasteiger charge is 2.26. The molecule has 0 bridgehead atoms. The van der Waals surface area contributed by atoms with Gasteiger partial charge in [-0.3, -0.25) is 15.1 Å². The lowest BCUT2D eigenvalue weighted by Gasteiger charge is -2.37. The van der Waals surface area contributed by atoms with Crippen molar-refractivity contribution in [3.05, 3.63) is 64.8 Å². The van der Waals surface area contributed by atoms with Crippen molar-refractivity contribution < 1.29 is 10.0 Å². The van der Waals surface area contributed by atoms with Gasteiger partial charge in [0.05, 0.1) is 21.5 Å². The maximum atomic E-state index is 11.7. The SMILES string of the molecule is O=[N+]([O-])c1c(N2CCN(c3ccccc3O)CC2)ccc2ncccc12. The zero-order chi connectivity index (χ0) is 18.1. The maximum absolute atomic E-state index is 11.7. The van der Waals surface area contributed by atoms with E-state index in [2.05, 4.69) is 9.88 Å². The van der Waals surface area contributed by atoms with E-state index in [1.54, 1.807) is 36.5 Å². The monoisotopic (exact) mass is 350 g/mol. The number of benzene rings is 2. The molecule has 0 saturated carbocycles. The minimum Gasteiger partial charge on any atom is -0.506 e. The third-order valence-corrected chi connectivity index (χ3v) is 4.76. The van der Waals surface area contributed by atoms with Crippen LogP contribution in [0.15, 0.2) is 54.7 Å². The molecule has 0 amide bonds. The molecule has 0 unspecified atom stereocenters. The van der Waals surface area contributed by atoms with Gasteiger partial charge in [0.15, 0.2) is 0 Å². The Bertz CT molecular complexity index is 968. The van der Waals surface area contributed by atoms with Crippen LogP contribution in [-0.2, 0) is 0 Å². The molecule has 0 aliphatic carbocycles. The van der Waals surface area contributed by atoms with Gasteiger partial charge in [0.1, 0.15) is 11.4 Å². The number of nitro benzene ring substituents is 1. The van der Waals surface area contributed by atoms with Gasteiger partial charge < -0.3 is 14.9 Å². The summed E-state index contributed by atoms with van der Waals surface area (Å²) in [6.07, 6.45) is 1.64. The molecule has 1 aliphatic rings. The molecule has 132 valence electrons. The number of piperazine rings is 1.